The van der Waals surface area contributed by atoms with E-state index in [4.69, 9.17) is 0 Å². The Morgan fingerprint density at radius 3 is 2.89 bits per heavy atom. The first-order valence-electron chi connectivity index (χ1n) is 9.20. The lowest BCUT2D eigenvalue weighted by molar-refractivity contribution is 0.399. The highest BCUT2D eigenvalue weighted by molar-refractivity contribution is 7.88. The van der Waals surface area contributed by atoms with Gasteiger partial charge in [0.25, 0.3) is 0 Å². The third-order valence-electron chi connectivity index (χ3n) is 4.79. The Morgan fingerprint density at radius 1 is 1.26 bits per heavy atom. The fourth-order valence-corrected chi connectivity index (χ4v) is 4.85. The van der Waals surface area contributed by atoms with Crippen LogP contribution in [0.5, 0.6) is 0 Å². The van der Waals surface area contributed by atoms with Crippen molar-refractivity contribution in [1.29, 1.82) is 0 Å². The lowest BCUT2D eigenvalue weighted by atomic mass is 10.1. The Balaban J connectivity index is 1.59. The van der Waals surface area contributed by atoms with Crippen molar-refractivity contribution in [3.63, 3.8) is 0 Å². The van der Waals surface area contributed by atoms with Crippen LogP contribution in [0, 0.1) is 0 Å². The molecule has 8 heteroatoms. The smallest absolute Gasteiger partial charge is 0.216 e. The van der Waals surface area contributed by atoms with E-state index in [9.17, 15) is 8.42 Å². The van der Waals surface area contributed by atoms with Gasteiger partial charge in [0.2, 0.25) is 10.0 Å². The van der Waals surface area contributed by atoms with Crippen LogP contribution in [-0.2, 0) is 22.3 Å². The number of nitrogens with zero attached hydrogens (tertiary/aromatic N) is 4. The number of benzene rings is 1. The van der Waals surface area contributed by atoms with Crippen LogP contribution in [0.25, 0.3) is 10.9 Å². The fraction of sp³-hybridized carbons (Fsp3) is 0.421. The molecule has 3 heterocycles. The second kappa shape index (κ2) is 7.01. The minimum absolute atomic E-state index is 0.108. The van der Waals surface area contributed by atoms with Gasteiger partial charge in [0.1, 0.15) is 5.82 Å². The van der Waals surface area contributed by atoms with E-state index in [-0.39, 0.29) is 17.7 Å². The lowest BCUT2D eigenvalue weighted by Gasteiger charge is -2.23. The van der Waals surface area contributed by atoms with Crippen LogP contribution in [0.3, 0.4) is 0 Å². The lowest BCUT2D eigenvalue weighted by Crippen LogP contribution is -2.34. The number of para-hydroxylation sites is 1. The molecular weight excluding hydrogens is 362 g/mol. The van der Waals surface area contributed by atoms with Crippen LogP contribution in [-0.4, -0.2) is 28.2 Å². The van der Waals surface area contributed by atoms with E-state index in [1.165, 1.54) is 0 Å². The Kier molecular flexibility index (Phi) is 4.69. The molecule has 0 saturated heterocycles. The van der Waals surface area contributed by atoms with Crippen molar-refractivity contribution in [2.24, 2.45) is 0 Å². The maximum atomic E-state index is 12.9. The largest absolute Gasteiger partial charge is 0.256 e. The van der Waals surface area contributed by atoms with E-state index < -0.39 is 10.0 Å². The molecule has 4 rings (SSSR count). The van der Waals surface area contributed by atoms with Crippen LogP contribution < -0.4 is 4.72 Å². The number of aryl methyl sites for hydroxylation is 1. The third kappa shape index (κ3) is 3.72. The second-order valence-corrected chi connectivity index (χ2v) is 9.02. The van der Waals surface area contributed by atoms with E-state index in [0.29, 0.717) is 11.4 Å². The molecule has 7 nitrogen and oxygen atoms in total. The highest BCUT2D eigenvalue weighted by Crippen LogP contribution is 2.26. The predicted octanol–water partition coefficient (Wildman–Crippen LogP) is 2.90. The molecule has 3 aromatic rings. The summed E-state index contributed by atoms with van der Waals surface area (Å²) in [5.74, 6) is 1.57. The Bertz CT molecular complexity index is 1070. The number of sulfonamides is 1. The molecule has 0 saturated carbocycles. The van der Waals surface area contributed by atoms with Crippen molar-refractivity contribution in [2.45, 2.75) is 50.9 Å². The highest BCUT2D eigenvalue weighted by atomic mass is 32.2. The number of aromatic nitrogens is 4. The van der Waals surface area contributed by atoms with Crippen molar-refractivity contribution in [2.75, 3.05) is 0 Å². The van der Waals surface area contributed by atoms with Crippen LogP contribution in [0.1, 0.15) is 55.9 Å². The van der Waals surface area contributed by atoms with E-state index in [2.05, 4.69) is 19.8 Å². The van der Waals surface area contributed by atoms with Crippen molar-refractivity contribution in [1.82, 2.24) is 24.5 Å². The van der Waals surface area contributed by atoms with Gasteiger partial charge >= 0.3 is 0 Å². The summed E-state index contributed by atoms with van der Waals surface area (Å²) in [6, 6.07) is 9.05. The Hall–Kier alpha value is -2.32. The molecule has 1 atom stereocenters. The number of fused-ring (bicyclic) bond motifs is 2. The molecule has 1 aliphatic heterocycles. The molecule has 1 aromatic carbocycles. The number of rotatable bonds is 5. The Labute approximate surface area is 158 Å². The molecule has 0 spiro atoms. The molecule has 142 valence electrons. The van der Waals surface area contributed by atoms with Gasteiger partial charge in [-0.2, -0.15) is 5.10 Å². The van der Waals surface area contributed by atoms with Gasteiger partial charge in [0.15, 0.2) is 5.82 Å². The zero-order valence-corrected chi connectivity index (χ0v) is 16.3. The molecule has 0 radical (unpaired) electrons. The normalized spacial score (nSPS) is 17.4. The summed E-state index contributed by atoms with van der Waals surface area (Å²) in [5.41, 5.74) is 1.42. The monoisotopic (exact) mass is 385 g/mol. The van der Waals surface area contributed by atoms with Gasteiger partial charge in [-0.3, -0.25) is 4.98 Å². The summed E-state index contributed by atoms with van der Waals surface area (Å²) in [7, 11) is -3.55. The number of nitrogens with one attached hydrogen (secondary N) is 1. The van der Waals surface area contributed by atoms with Gasteiger partial charge in [0, 0.05) is 24.0 Å². The molecule has 1 N–H and O–H groups in total. The molecule has 0 bridgehead atoms. The SMILES string of the molecule is CC(C)c1nc2n(n1)CCC[C@@H]2NS(=O)(=O)Cc1cccc2cccnc12. The fourth-order valence-electron chi connectivity index (χ4n) is 3.47. The molecule has 0 amide bonds. The van der Waals surface area contributed by atoms with Crippen LogP contribution in [0.4, 0.5) is 0 Å². The standard InChI is InChI=1S/C19H23N5O2S/c1-13(2)18-21-19-16(9-5-11-24(19)22-18)23-27(25,26)12-15-7-3-6-14-8-4-10-20-17(14)15/h3-4,6-8,10,13,16,23H,5,9,11-12H2,1-2H3/t16-/m0/s1. The van der Waals surface area contributed by atoms with Gasteiger partial charge in [-0.1, -0.05) is 38.1 Å². The molecule has 0 unspecified atom stereocenters. The molecule has 1 aliphatic rings. The van der Waals surface area contributed by atoms with E-state index in [1.54, 1.807) is 6.20 Å². The van der Waals surface area contributed by atoms with Crippen molar-refractivity contribution >= 4 is 20.9 Å². The molecule has 0 fully saturated rings. The van der Waals surface area contributed by atoms with Crippen molar-refractivity contribution in [3.05, 3.63) is 53.7 Å². The highest BCUT2D eigenvalue weighted by Gasteiger charge is 2.29. The first kappa shape index (κ1) is 18.1. The molecule has 2 aromatic heterocycles. The Morgan fingerprint density at radius 2 is 2.07 bits per heavy atom. The minimum Gasteiger partial charge on any atom is -0.256 e. The zero-order chi connectivity index (χ0) is 19.0. The van der Waals surface area contributed by atoms with E-state index >= 15 is 0 Å². The van der Waals surface area contributed by atoms with Crippen LogP contribution in [0.2, 0.25) is 0 Å². The minimum atomic E-state index is -3.55. The first-order chi connectivity index (χ1) is 12.9. The second-order valence-electron chi connectivity index (χ2n) is 7.27. The predicted molar refractivity (Wildman–Crippen MR) is 104 cm³/mol. The number of pyridine rings is 1. The third-order valence-corrected chi connectivity index (χ3v) is 6.13. The molecular formula is C19H23N5O2S. The first-order valence-corrected chi connectivity index (χ1v) is 10.9. The summed E-state index contributed by atoms with van der Waals surface area (Å²) in [4.78, 5) is 8.94. The topological polar surface area (TPSA) is 89.8 Å². The summed E-state index contributed by atoms with van der Waals surface area (Å²) in [6.45, 7) is 4.85. The summed E-state index contributed by atoms with van der Waals surface area (Å²) >= 11 is 0. The maximum absolute atomic E-state index is 12.9. The van der Waals surface area contributed by atoms with Gasteiger partial charge in [0.05, 0.1) is 17.3 Å². The van der Waals surface area contributed by atoms with Crippen LogP contribution >= 0.6 is 0 Å². The number of hydrogen-bond acceptors (Lipinski definition) is 5. The zero-order valence-electron chi connectivity index (χ0n) is 15.5. The van der Waals surface area contributed by atoms with E-state index in [1.807, 2.05) is 48.9 Å². The molecule has 27 heavy (non-hydrogen) atoms. The quantitative estimate of drug-likeness (QED) is 0.729. The summed E-state index contributed by atoms with van der Waals surface area (Å²) < 4.78 is 30.4. The van der Waals surface area contributed by atoms with Crippen molar-refractivity contribution < 1.29 is 8.42 Å². The van der Waals surface area contributed by atoms with E-state index in [0.717, 1.165) is 36.1 Å². The average Bonchev–Trinajstić information content (AvgIpc) is 3.07. The van der Waals surface area contributed by atoms with Crippen molar-refractivity contribution in [3.8, 4) is 0 Å². The summed E-state index contributed by atoms with van der Waals surface area (Å²) in [6.07, 6.45) is 3.28. The summed E-state index contributed by atoms with van der Waals surface area (Å²) in [5, 5.41) is 5.45. The van der Waals surface area contributed by atoms with Gasteiger partial charge in [-0.25, -0.2) is 22.8 Å². The maximum Gasteiger partial charge on any atom is 0.216 e. The number of hydrogen-bond donors (Lipinski definition) is 1. The van der Waals surface area contributed by atoms with Gasteiger partial charge in [-0.05, 0) is 24.5 Å². The average molecular weight is 385 g/mol. The van der Waals surface area contributed by atoms with Gasteiger partial charge < -0.3 is 0 Å². The van der Waals surface area contributed by atoms with Crippen LogP contribution in [0.15, 0.2) is 36.5 Å². The molecule has 0 aliphatic carbocycles. The van der Waals surface area contributed by atoms with Gasteiger partial charge in [-0.15, -0.1) is 0 Å².